The maximum Gasteiger partial charge on any atom is 0.216 e. The summed E-state index contributed by atoms with van der Waals surface area (Å²) in [6.07, 6.45) is 6.53. The molecule has 1 heterocycles. The Balaban J connectivity index is 3.22. The molecule has 0 saturated heterocycles. The first-order valence-corrected chi connectivity index (χ1v) is 2.48. The molecular formula is C7H2F2N. The fourth-order valence-electron chi connectivity index (χ4n) is 0.537. The largest absolute Gasteiger partial charge is 0.216 e. The monoisotopic (exact) mass is 138 g/mol. The molecule has 0 unspecified atom stereocenters. The van der Waals surface area contributed by atoms with Crippen LogP contribution in [0.4, 0.5) is 8.78 Å². The van der Waals surface area contributed by atoms with Crippen molar-refractivity contribution in [2.24, 2.45) is 0 Å². The fourth-order valence-corrected chi connectivity index (χ4v) is 0.537. The van der Waals surface area contributed by atoms with E-state index >= 15 is 0 Å². The van der Waals surface area contributed by atoms with Crippen LogP contribution in [0.15, 0.2) is 12.1 Å². The van der Waals surface area contributed by atoms with Crippen LogP contribution in [0, 0.1) is 24.2 Å². The van der Waals surface area contributed by atoms with Crippen LogP contribution in [0.3, 0.4) is 0 Å². The Morgan fingerprint density at radius 2 is 1.80 bits per heavy atom. The van der Waals surface area contributed by atoms with Crippen molar-refractivity contribution in [1.82, 2.24) is 4.98 Å². The van der Waals surface area contributed by atoms with E-state index in [-0.39, 0.29) is 5.56 Å². The first kappa shape index (κ1) is 6.69. The van der Waals surface area contributed by atoms with E-state index in [2.05, 4.69) is 4.98 Å². The Kier molecular flexibility index (Phi) is 1.63. The molecule has 0 N–H and O–H groups in total. The third-order valence-corrected chi connectivity index (χ3v) is 0.907. The number of hydrogen-bond donors (Lipinski definition) is 0. The summed E-state index contributed by atoms with van der Waals surface area (Å²) in [5.41, 5.74) is 0.0463. The van der Waals surface area contributed by atoms with Crippen molar-refractivity contribution >= 4 is 0 Å². The first-order chi connectivity index (χ1) is 4.72. The van der Waals surface area contributed by atoms with Crippen LogP contribution < -0.4 is 0 Å². The zero-order valence-electron chi connectivity index (χ0n) is 4.86. The SMILES string of the molecule is [C]#Cc1cc(F)nc(F)c1. The summed E-state index contributed by atoms with van der Waals surface area (Å²) in [5, 5.41) is 0. The number of pyridine rings is 1. The molecule has 0 amide bonds. The highest BCUT2D eigenvalue weighted by Gasteiger charge is 1.97. The molecule has 0 saturated carbocycles. The van der Waals surface area contributed by atoms with Crippen LogP contribution in [0.5, 0.6) is 0 Å². The van der Waals surface area contributed by atoms with E-state index in [4.69, 9.17) is 6.42 Å². The third-order valence-electron chi connectivity index (χ3n) is 0.907. The van der Waals surface area contributed by atoms with E-state index in [1.54, 1.807) is 0 Å². The smallest absolute Gasteiger partial charge is 0.191 e. The Morgan fingerprint density at radius 3 is 2.20 bits per heavy atom. The number of nitrogens with zero attached hydrogens (tertiary/aromatic N) is 1. The standard InChI is InChI=1S/C7H2F2N/c1-2-5-3-6(8)10-7(9)4-5/h3-4H. The minimum atomic E-state index is -0.935. The summed E-state index contributed by atoms with van der Waals surface area (Å²) in [5.74, 6) is -0.0322. The number of hydrogen-bond acceptors (Lipinski definition) is 1. The van der Waals surface area contributed by atoms with Gasteiger partial charge >= 0.3 is 0 Å². The highest BCUT2D eigenvalue weighted by Crippen LogP contribution is 2.01. The molecule has 1 aromatic heterocycles. The van der Waals surface area contributed by atoms with Crippen LogP contribution >= 0.6 is 0 Å². The van der Waals surface area contributed by atoms with Gasteiger partial charge in [0.2, 0.25) is 11.9 Å². The van der Waals surface area contributed by atoms with E-state index < -0.39 is 11.9 Å². The summed E-state index contributed by atoms with van der Waals surface area (Å²) >= 11 is 0. The van der Waals surface area contributed by atoms with Crippen molar-refractivity contribution in [1.29, 1.82) is 0 Å². The number of rotatable bonds is 0. The molecule has 0 fully saturated rings. The second kappa shape index (κ2) is 2.44. The lowest BCUT2D eigenvalue weighted by Crippen LogP contribution is -1.88. The second-order valence-electron chi connectivity index (χ2n) is 1.63. The Labute approximate surface area is 56.7 Å². The summed E-state index contributed by atoms with van der Waals surface area (Å²) in [6, 6.07) is 1.85. The van der Waals surface area contributed by atoms with Gasteiger partial charge in [0.25, 0.3) is 0 Å². The minimum Gasteiger partial charge on any atom is -0.191 e. The van der Waals surface area contributed by atoms with Gasteiger partial charge in [0, 0.05) is 17.7 Å². The van der Waals surface area contributed by atoms with Gasteiger partial charge in [0.1, 0.15) is 0 Å². The molecule has 1 aromatic rings. The van der Waals surface area contributed by atoms with Crippen LogP contribution in [0.25, 0.3) is 0 Å². The van der Waals surface area contributed by atoms with Crippen molar-refractivity contribution in [3.63, 3.8) is 0 Å². The Morgan fingerprint density at radius 1 is 1.30 bits per heavy atom. The predicted octanol–water partition coefficient (Wildman–Crippen LogP) is 1.30. The Bertz CT molecular complexity index is 268. The normalized spacial score (nSPS) is 8.90. The summed E-state index contributed by atoms with van der Waals surface area (Å²) < 4.78 is 24.3. The maximum absolute atomic E-state index is 12.1. The molecule has 0 atom stereocenters. The van der Waals surface area contributed by atoms with Crippen molar-refractivity contribution in [3.8, 4) is 5.92 Å². The molecular weight excluding hydrogens is 136 g/mol. The molecule has 0 aromatic carbocycles. The van der Waals surface area contributed by atoms with Crippen LogP contribution in [0.1, 0.15) is 5.56 Å². The number of halogens is 2. The highest BCUT2D eigenvalue weighted by molar-refractivity contribution is 5.27. The van der Waals surface area contributed by atoms with Gasteiger partial charge in [-0.25, -0.2) is 0 Å². The van der Waals surface area contributed by atoms with Crippen molar-refractivity contribution in [2.75, 3.05) is 0 Å². The van der Waals surface area contributed by atoms with Gasteiger partial charge in [-0.2, -0.15) is 13.8 Å². The summed E-state index contributed by atoms with van der Waals surface area (Å²) in [7, 11) is 0. The summed E-state index contributed by atoms with van der Waals surface area (Å²) in [4.78, 5) is 2.83. The van der Waals surface area contributed by atoms with Crippen molar-refractivity contribution in [2.45, 2.75) is 0 Å². The number of aromatic nitrogens is 1. The molecule has 0 aliphatic rings. The van der Waals surface area contributed by atoms with Gasteiger partial charge in [0.05, 0.1) is 0 Å². The molecule has 3 heteroatoms. The lowest BCUT2D eigenvalue weighted by Gasteiger charge is -1.89. The van der Waals surface area contributed by atoms with E-state index in [9.17, 15) is 8.78 Å². The fraction of sp³-hybridized carbons (Fsp3) is 0. The van der Waals surface area contributed by atoms with Gasteiger partial charge < -0.3 is 0 Å². The van der Waals surface area contributed by atoms with Crippen LogP contribution in [-0.2, 0) is 0 Å². The van der Waals surface area contributed by atoms with Gasteiger partial charge in [-0.05, 0) is 6.42 Å². The second-order valence-corrected chi connectivity index (χ2v) is 1.63. The van der Waals surface area contributed by atoms with E-state index in [0.717, 1.165) is 12.1 Å². The van der Waals surface area contributed by atoms with Gasteiger partial charge in [-0.3, -0.25) is 0 Å². The molecule has 49 valence electrons. The van der Waals surface area contributed by atoms with E-state index in [1.807, 2.05) is 5.92 Å². The van der Waals surface area contributed by atoms with Crippen LogP contribution in [0.2, 0.25) is 0 Å². The maximum atomic E-state index is 12.1. The average molecular weight is 138 g/mol. The molecule has 0 aliphatic carbocycles. The molecule has 1 rings (SSSR count). The molecule has 1 nitrogen and oxygen atoms in total. The van der Waals surface area contributed by atoms with Crippen molar-refractivity contribution in [3.05, 3.63) is 36.0 Å². The summed E-state index contributed by atoms with van der Waals surface area (Å²) in [6.45, 7) is 0. The zero-order chi connectivity index (χ0) is 7.56. The van der Waals surface area contributed by atoms with Gasteiger partial charge in [0.15, 0.2) is 0 Å². The van der Waals surface area contributed by atoms with E-state index in [1.165, 1.54) is 0 Å². The molecule has 1 radical (unpaired) electrons. The van der Waals surface area contributed by atoms with Gasteiger partial charge in [-0.1, -0.05) is 5.92 Å². The highest BCUT2D eigenvalue weighted by atomic mass is 19.1. The topological polar surface area (TPSA) is 12.9 Å². The lowest BCUT2D eigenvalue weighted by atomic mass is 10.3. The molecule has 0 aliphatic heterocycles. The zero-order valence-corrected chi connectivity index (χ0v) is 4.86. The average Bonchev–Trinajstić information content (AvgIpc) is 1.85. The quantitative estimate of drug-likeness (QED) is 0.389. The molecule has 0 spiro atoms. The minimum absolute atomic E-state index is 0.0463. The Hall–Kier alpha value is -1.43. The lowest BCUT2D eigenvalue weighted by molar-refractivity contribution is 0.512. The predicted molar refractivity (Wildman–Crippen MR) is 30.4 cm³/mol. The van der Waals surface area contributed by atoms with Crippen LogP contribution in [-0.4, -0.2) is 4.98 Å². The molecule has 0 bridgehead atoms. The first-order valence-electron chi connectivity index (χ1n) is 2.48. The van der Waals surface area contributed by atoms with E-state index in [0.29, 0.717) is 0 Å². The molecule has 10 heavy (non-hydrogen) atoms. The third kappa shape index (κ3) is 1.29. The van der Waals surface area contributed by atoms with Gasteiger partial charge in [-0.15, -0.1) is 0 Å². The van der Waals surface area contributed by atoms with Crippen molar-refractivity contribution < 1.29 is 8.78 Å².